The Hall–Kier alpha value is -3.93. The molecule has 2 heterocycles. The second-order valence-electron chi connectivity index (χ2n) is 6.14. The van der Waals surface area contributed by atoms with E-state index in [4.69, 9.17) is 9.47 Å². The summed E-state index contributed by atoms with van der Waals surface area (Å²) in [4.78, 5) is 42.7. The highest BCUT2D eigenvalue weighted by Gasteiger charge is 2.40. The Bertz CT molecular complexity index is 1060. The Morgan fingerprint density at radius 2 is 1.93 bits per heavy atom. The molecule has 148 valence electrons. The van der Waals surface area contributed by atoms with Gasteiger partial charge >= 0.3 is 0 Å². The van der Waals surface area contributed by atoms with E-state index >= 15 is 0 Å². The number of rotatable bonds is 6. The van der Waals surface area contributed by atoms with Gasteiger partial charge in [0.25, 0.3) is 17.7 Å². The number of nitriles is 1. The first kappa shape index (κ1) is 19.8. The summed E-state index contributed by atoms with van der Waals surface area (Å²) in [6, 6.07) is 8.01. The van der Waals surface area contributed by atoms with E-state index in [9.17, 15) is 19.6 Å². The molecule has 0 saturated carbocycles. The fourth-order valence-electron chi connectivity index (χ4n) is 3.05. The molecule has 9 heteroatoms. The van der Waals surface area contributed by atoms with Gasteiger partial charge in [-0.2, -0.15) is 5.26 Å². The third-order valence-electron chi connectivity index (χ3n) is 4.26. The summed E-state index contributed by atoms with van der Waals surface area (Å²) in [5.41, 5.74) is 0.631. The van der Waals surface area contributed by atoms with Crippen LogP contribution in [0.3, 0.4) is 0 Å². The maximum absolute atomic E-state index is 13.0. The minimum absolute atomic E-state index is 0.00259. The molecule has 0 bridgehead atoms. The first-order chi connectivity index (χ1) is 13.9. The molecule has 3 amide bonds. The van der Waals surface area contributed by atoms with Crippen LogP contribution < -0.4 is 14.8 Å². The van der Waals surface area contributed by atoms with Crippen molar-refractivity contribution < 1.29 is 23.9 Å². The fraction of sp³-hybridized carbons (Fsp3) is 0.250. The van der Waals surface area contributed by atoms with Crippen molar-refractivity contribution >= 4 is 23.4 Å². The molecule has 3 rings (SSSR count). The van der Waals surface area contributed by atoms with E-state index in [0.29, 0.717) is 18.1 Å². The number of aromatic nitrogens is 1. The van der Waals surface area contributed by atoms with Crippen molar-refractivity contribution in [3.05, 3.63) is 46.6 Å². The molecular formula is C20H18N4O5. The van der Waals surface area contributed by atoms with E-state index in [1.807, 2.05) is 6.07 Å². The Labute approximate surface area is 166 Å². The predicted molar refractivity (Wildman–Crippen MR) is 102 cm³/mol. The lowest BCUT2D eigenvalue weighted by atomic mass is 10.0. The van der Waals surface area contributed by atoms with Crippen LogP contribution >= 0.6 is 0 Å². The van der Waals surface area contributed by atoms with Crippen LogP contribution in [-0.2, 0) is 11.3 Å². The lowest BCUT2D eigenvalue weighted by Gasteiger charge is -2.15. The number of ether oxygens (including phenoxy) is 2. The van der Waals surface area contributed by atoms with Crippen LogP contribution in [0.5, 0.6) is 11.6 Å². The summed E-state index contributed by atoms with van der Waals surface area (Å²) in [6.07, 6.45) is 0. The average Bonchev–Trinajstić information content (AvgIpc) is 2.94. The highest BCUT2D eigenvalue weighted by molar-refractivity contribution is 6.25. The number of anilines is 1. The van der Waals surface area contributed by atoms with E-state index in [2.05, 4.69) is 10.3 Å². The zero-order valence-corrected chi connectivity index (χ0v) is 16.1. The van der Waals surface area contributed by atoms with Gasteiger partial charge in [0.1, 0.15) is 0 Å². The van der Waals surface area contributed by atoms with E-state index in [1.54, 1.807) is 19.1 Å². The van der Waals surface area contributed by atoms with E-state index in [0.717, 1.165) is 4.90 Å². The minimum atomic E-state index is -0.621. The Kier molecular flexibility index (Phi) is 5.45. The number of amides is 3. The van der Waals surface area contributed by atoms with Gasteiger partial charge in [-0.1, -0.05) is 0 Å². The number of nitrogens with zero attached hydrogens (tertiary/aromatic N) is 3. The van der Waals surface area contributed by atoms with Crippen LogP contribution in [0.15, 0.2) is 24.3 Å². The minimum Gasteiger partial charge on any atom is -0.491 e. The Balaban J connectivity index is 2.00. The van der Waals surface area contributed by atoms with Gasteiger partial charge in [-0.15, -0.1) is 0 Å². The lowest BCUT2D eigenvalue weighted by Crippen LogP contribution is -2.29. The van der Waals surface area contributed by atoms with Crippen LogP contribution in [0, 0.1) is 11.3 Å². The van der Waals surface area contributed by atoms with Gasteiger partial charge in [-0.25, -0.2) is 4.98 Å². The SMILES string of the molecule is CCOc1nc(CN2C(=O)c3c(C#N)ccc(NC(C)=O)c3C2=O)ccc1OC. The normalized spacial score (nSPS) is 12.4. The first-order valence-electron chi connectivity index (χ1n) is 8.78. The molecule has 0 aliphatic carbocycles. The monoisotopic (exact) mass is 394 g/mol. The average molecular weight is 394 g/mol. The highest BCUT2D eigenvalue weighted by atomic mass is 16.5. The van der Waals surface area contributed by atoms with Crippen molar-refractivity contribution in [3.8, 4) is 17.7 Å². The number of imide groups is 1. The number of methoxy groups -OCH3 is 1. The predicted octanol–water partition coefficient (Wildman–Crippen LogP) is 2.12. The quantitative estimate of drug-likeness (QED) is 0.745. The van der Waals surface area contributed by atoms with Crippen molar-refractivity contribution in [2.75, 3.05) is 19.0 Å². The van der Waals surface area contributed by atoms with E-state index < -0.39 is 17.7 Å². The molecule has 1 aromatic carbocycles. The highest BCUT2D eigenvalue weighted by Crippen LogP contribution is 2.33. The van der Waals surface area contributed by atoms with Gasteiger partial charge in [-0.05, 0) is 31.2 Å². The van der Waals surface area contributed by atoms with Crippen LogP contribution in [0.1, 0.15) is 45.8 Å². The summed E-state index contributed by atoms with van der Waals surface area (Å²) < 4.78 is 10.6. The second kappa shape index (κ2) is 7.98. The zero-order chi connectivity index (χ0) is 21.1. The van der Waals surface area contributed by atoms with Crippen molar-refractivity contribution in [1.82, 2.24) is 9.88 Å². The van der Waals surface area contributed by atoms with Crippen LogP contribution in [0.25, 0.3) is 0 Å². The molecule has 1 aliphatic heterocycles. The number of pyridine rings is 1. The molecule has 1 aromatic heterocycles. The Morgan fingerprint density at radius 3 is 2.55 bits per heavy atom. The molecule has 0 atom stereocenters. The first-order valence-corrected chi connectivity index (χ1v) is 8.78. The number of carbonyl (C=O) groups excluding carboxylic acids is 3. The van der Waals surface area contributed by atoms with Gasteiger partial charge in [0.2, 0.25) is 5.91 Å². The van der Waals surface area contributed by atoms with Crippen molar-refractivity contribution in [2.45, 2.75) is 20.4 Å². The van der Waals surface area contributed by atoms with Crippen LogP contribution in [0.2, 0.25) is 0 Å². The van der Waals surface area contributed by atoms with Crippen molar-refractivity contribution in [2.24, 2.45) is 0 Å². The molecule has 1 N–H and O–H groups in total. The second-order valence-corrected chi connectivity index (χ2v) is 6.14. The van der Waals surface area contributed by atoms with Crippen molar-refractivity contribution in [1.29, 1.82) is 5.26 Å². The van der Waals surface area contributed by atoms with Crippen LogP contribution in [0.4, 0.5) is 5.69 Å². The van der Waals surface area contributed by atoms with Crippen molar-refractivity contribution in [3.63, 3.8) is 0 Å². The summed E-state index contributed by atoms with van der Waals surface area (Å²) in [6.45, 7) is 3.33. The molecule has 0 radical (unpaired) electrons. The third kappa shape index (κ3) is 3.60. The molecular weight excluding hydrogens is 376 g/mol. The third-order valence-corrected chi connectivity index (χ3v) is 4.26. The standard InChI is InChI=1S/C20H18N4O5/c1-4-29-18-15(28-3)8-6-13(23-18)10-24-19(26)16-12(9-21)5-7-14(22-11(2)25)17(16)20(24)27/h5-8H,4,10H2,1-3H3,(H,22,25). The number of fused-ring (bicyclic) bond motifs is 1. The lowest BCUT2D eigenvalue weighted by molar-refractivity contribution is -0.114. The van der Waals surface area contributed by atoms with Gasteiger partial charge in [0, 0.05) is 6.92 Å². The molecule has 0 spiro atoms. The summed E-state index contributed by atoms with van der Waals surface area (Å²) in [5.74, 6) is -0.946. The molecule has 9 nitrogen and oxygen atoms in total. The van der Waals surface area contributed by atoms with Gasteiger partial charge < -0.3 is 14.8 Å². The smallest absolute Gasteiger partial charge is 0.264 e. The number of hydrogen-bond acceptors (Lipinski definition) is 7. The van der Waals surface area contributed by atoms with Gasteiger partial charge in [0.05, 0.1) is 54.4 Å². The number of hydrogen-bond donors (Lipinski definition) is 1. The number of nitrogens with one attached hydrogen (secondary N) is 1. The van der Waals surface area contributed by atoms with E-state index in [1.165, 1.54) is 26.2 Å². The number of carbonyl (C=O) groups is 3. The molecule has 0 unspecified atom stereocenters. The maximum Gasteiger partial charge on any atom is 0.264 e. The number of benzene rings is 1. The molecule has 0 fully saturated rings. The van der Waals surface area contributed by atoms with Gasteiger partial charge in [0.15, 0.2) is 5.75 Å². The molecule has 0 saturated heterocycles. The molecule has 29 heavy (non-hydrogen) atoms. The zero-order valence-electron chi connectivity index (χ0n) is 16.1. The topological polar surface area (TPSA) is 122 Å². The largest absolute Gasteiger partial charge is 0.491 e. The van der Waals surface area contributed by atoms with E-state index in [-0.39, 0.29) is 34.8 Å². The van der Waals surface area contributed by atoms with Gasteiger partial charge in [-0.3, -0.25) is 19.3 Å². The molecule has 2 aromatic rings. The summed E-state index contributed by atoms with van der Waals surface area (Å²) in [7, 11) is 1.48. The fourth-order valence-corrected chi connectivity index (χ4v) is 3.05. The van der Waals surface area contributed by atoms with Crippen LogP contribution in [-0.4, -0.2) is 41.3 Å². The summed E-state index contributed by atoms with van der Waals surface area (Å²) >= 11 is 0. The maximum atomic E-state index is 13.0. The Morgan fingerprint density at radius 1 is 1.21 bits per heavy atom. The molecule has 1 aliphatic rings. The summed E-state index contributed by atoms with van der Waals surface area (Å²) in [5, 5.41) is 11.9.